The maximum Gasteiger partial charge on any atom is 0.123 e. The van der Waals surface area contributed by atoms with Gasteiger partial charge in [0, 0.05) is 5.39 Å². The predicted octanol–water partition coefficient (Wildman–Crippen LogP) is 5.64. The van der Waals surface area contributed by atoms with Crippen LogP contribution in [-0.2, 0) is 0 Å². The van der Waals surface area contributed by atoms with Crippen molar-refractivity contribution in [2.24, 2.45) is 0 Å². The molecule has 0 unspecified atom stereocenters. The van der Waals surface area contributed by atoms with Crippen molar-refractivity contribution in [1.29, 1.82) is 0 Å². The first-order valence-electron chi connectivity index (χ1n) is 8.23. The highest BCUT2D eigenvalue weighted by atomic mass is 16.3. The summed E-state index contributed by atoms with van der Waals surface area (Å²) in [7, 11) is 0. The van der Waals surface area contributed by atoms with E-state index in [0.717, 1.165) is 16.3 Å². The van der Waals surface area contributed by atoms with Crippen molar-refractivity contribution in [1.82, 2.24) is 0 Å². The molecule has 0 atom stereocenters. The van der Waals surface area contributed by atoms with Gasteiger partial charge in [0.1, 0.15) is 17.2 Å². The van der Waals surface area contributed by atoms with E-state index in [1.165, 1.54) is 0 Å². The number of para-hydroxylation sites is 2. The van der Waals surface area contributed by atoms with E-state index in [2.05, 4.69) is 0 Å². The summed E-state index contributed by atoms with van der Waals surface area (Å²) in [4.78, 5) is 0. The zero-order chi connectivity index (χ0) is 18.8. The van der Waals surface area contributed by atoms with Crippen molar-refractivity contribution in [2.75, 3.05) is 0 Å². The van der Waals surface area contributed by atoms with E-state index in [1.807, 2.05) is 67.6 Å². The fourth-order valence-corrected chi connectivity index (χ4v) is 2.20. The quantitative estimate of drug-likeness (QED) is 0.386. The Balaban J connectivity index is 0.000000145. The van der Waals surface area contributed by atoms with Gasteiger partial charge in [-0.1, -0.05) is 72.8 Å². The van der Waals surface area contributed by atoms with Gasteiger partial charge in [0.2, 0.25) is 0 Å². The summed E-state index contributed by atoms with van der Waals surface area (Å²) < 4.78 is 0. The van der Waals surface area contributed by atoms with Gasteiger partial charge in [-0.2, -0.15) is 0 Å². The Morgan fingerprint density at radius 2 is 1.04 bits per heavy atom. The standard InChI is InChI=1S/C10H8O.C7H8O.C6H6O/c11-10-7-3-5-8-4-1-2-6-9(8)10;1-6-4-2-3-5-7(6)8;7-6-4-2-1-3-5-6/h1-7,11H;2-5,8H,1H3;1-5,7H. The molecule has 26 heavy (non-hydrogen) atoms. The molecule has 4 rings (SSSR count). The first-order valence-corrected chi connectivity index (χ1v) is 8.23. The average Bonchev–Trinajstić information content (AvgIpc) is 2.66. The van der Waals surface area contributed by atoms with Crippen LogP contribution in [0.1, 0.15) is 5.56 Å². The molecule has 0 spiro atoms. The lowest BCUT2D eigenvalue weighted by atomic mass is 10.1. The number of phenolic OH excluding ortho intramolecular Hbond substituents is 3. The lowest BCUT2D eigenvalue weighted by molar-refractivity contribution is 0.471. The number of rotatable bonds is 0. The van der Waals surface area contributed by atoms with Gasteiger partial charge < -0.3 is 15.3 Å². The molecule has 4 aromatic rings. The molecule has 0 amide bonds. The average molecular weight is 346 g/mol. The number of benzene rings is 4. The molecule has 0 aliphatic carbocycles. The van der Waals surface area contributed by atoms with Crippen LogP contribution in [0.5, 0.6) is 17.2 Å². The van der Waals surface area contributed by atoms with Gasteiger partial charge in [0.15, 0.2) is 0 Å². The molecule has 132 valence electrons. The molecule has 0 heterocycles. The summed E-state index contributed by atoms with van der Waals surface area (Å²) >= 11 is 0. The van der Waals surface area contributed by atoms with Crippen molar-refractivity contribution in [3.8, 4) is 17.2 Å². The molecule has 0 aliphatic heterocycles. The highest BCUT2D eigenvalue weighted by molar-refractivity contribution is 5.87. The number of hydrogen-bond acceptors (Lipinski definition) is 3. The van der Waals surface area contributed by atoms with Gasteiger partial charge in [-0.05, 0) is 42.1 Å². The first-order chi connectivity index (χ1) is 12.6. The number of aromatic hydroxyl groups is 3. The van der Waals surface area contributed by atoms with Gasteiger partial charge in [-0.15, -0.1) is 0 Å². The highest BCUT2D eigenvalue weighted by Crippen LogP contribution is 2.22. The second-order valence-electron chi connectivity index (χ2n) is 5.62. The van der Waals surface area contributed by atoms with E-state index in [9.17, 15) is 5.11 Å². The molecular formula is C23H22O3. The normalized spacial score (nSPS) is 9.42. The van der Waals surface area contributed by atoms with E-state index in [4.69, 9.17) is 10.2 Å². The third kappa shape index (κ3) is 5.87. The van der Waals surface area contributed by atoms with Crippen molar-refractivity contribution in [3.63, 3.8) is 0 Å². The Labute approximate surface area is 153 Å². The number of fused-ring (bicyclic) bond motifs is 1. The minimum absolute atomic E-state index is 0.322. The Bertz CT molecular complexity index is 908. The molecule has 0 saturated heterocycles. The van der Waals surface area contributed by atoms with Crippen molar-refractivity contribution >= 4 is 10.8 Å². The highest BCUT2D eigenvalue weighted by Gasteiger charge is 1.94. The van der Waals surface area contributed by atoms with Crippen molar-refractivity contribution < 1.29 is 15.3 Å². The predicted molar refractivity (Wildman–Crippen MR) is 107 cm³/mol. The van der Waals surface area contributed by atoms with E-state index in [1.54, 1.807) is 36.4 Å². The number of phenols is 3. The molecule has 3 N–H and O–H groups in total. The summed E-state index contributed by atoms with van der Waals surface area (Å²) in [5.74, 6) is 1.04. The smallest absolute Gasteiger partial charge is 0.123 e. The van der Waals surface area contributed by atoms with E-state index in [-0.39, 0.29) is 0 Å². The van der Waals surface area contributed by atoms with Crippen molar-refractivity contribution in [3.05, 3.63) is 103 Å². The largest absolute Gasteiger partial charge is 0.508 e. The monoisotopic (exact) mass is 346 g/mol. The molecular weight excluding hydrogens is 324 g/mol. The zero-order valence-electron chi connectivity index (χ0n) is 14.6. The van der Waals surface area contributed by atoms with Crippen LogP contribution >= 0.6 is 0 Å². The lowest BCUT2D eigenvalue weighted by Gasteiger charge is -1.97. The van der Waals surface area contributed by atoms with Crippen molar-refractivity contribution in [2.45, 2.75) is 6.92 Å². The fraction of sp³-hybridized carbons (Fsp3) is 0.0435. The van der Waals surface area contributed by atoms with Crippen LogP contribution in [0.15, 0.2) is 97.1 Å². The maximum atomic E-state index is 9.37. The lowest BCUT2D eigenvalue weighted by Crippen LogP contribution is -1.70. The van der Waals surface area contributed by atoms with Crippen LogP contribution in [0.4, 0.5) is 0 Å². The molecule has 3 heteroatoms. The Morgan fingerprint density at radius 1 is 0.500 bits per heavy atom. The molecule has 4 aromatic carbocycles. The van der Waals surface area contributed by atoms with Gasteiger partial charge in [-0.3, -0.25) is 0 Å². The molecule has 0 saturated carbocycles. The molecule has 0 aromatic heterocycles. The van der Waals surface area contributed by atoms with Gasteiger partial charge in [0.05, 0.1) is 0 Å². The van der Waals surface area contributed by atoms with Crippen LogP contribution in [0.25, 0.3) is 10.8 Å². The van der Waals surface area contributed by atoms with Gasteiger partial charge in [0.25, 0.3) is 0 Å². The van der Waals surface area contributed by atoms with Gasteiger partial charge >= 0.3 is 0 Å². The Morgan fingerprint density at radius 3 is 1.58 bits per heavy atom. The number of hydrogen-bond donors (Lipinski definition) is 3. The fourth-order valence-electron chi connectivity index (χ4n) is 2.20. The third-order valence-corrected chi connectivity index (χ3v) is 3.64. The second kappa shape index (κ2) is 9.74. The Kier molecular flexibility index (Phi) is 7.07. The van der Waals surface area contributed by atoms with E-state index in [0.29, 0.717) is 17.2 Å². The van der Waals surface area contributed by atoms with Crippen LogP contribution in [-0.4, -0.2) is 15.3 Å². The SMILES string of the molecule is Cc1ccccc1O.Oc1cccc2ccccc12.Oc1ccccc1. The minimum atomic E-state index is 0.322. The molecule has 0 radical (unpaired) electrons. The summed E-state index contributed by atoms with van der Waals surface area (Å²) in [5, 5.41) is 28.9. The van der Waals surface area contributed by atoms with Crippen LogP contribution < -0.4 is 0 Å². The van der Waals surface area contributed by atoms with E-state index < -0.39 is 0 Å². The summed E-state index contributed by atoms with van der Waals surface area (Å²) in [6, 6.07) is 29.3. The Hall–Kier alpha value is -3.46. The minimum Gasteiger partial charge on any atom is -0.508 e. The summed E-state index contributed by atoms with van der Waals surface area (Å²) in [6.07, 6.45) is 0. The van der Waals surface area contributed by atoms with Crippen LogP contribution in [0, 0.1) is 6.92 Å². The summed E-state index contributed by atoms with van der Waals surface area (Å²) in [5.41, 5.74) is 0.924. The van der Waals surface area contributed by atoms with E-state index >= 15 is 0 Å². The third-order valence-electron chi connectivity index (χ3n) is 3.64. The second-order valence-corrected chi connectivity index (χ2v) is 5.62. The van der Waals surface area contributed by atoms with Crippen LogP contribution in [0.3, 0.4) is 0 Å². The number of aryl methyl sites for hydroxylation is 1. The summed E-state index contributed by atoms with van der Waals surface area (Å²) in [6.45, 7) is 1.87. The first kappa shape index (κ1) is 18.9. The topological polar surface area (TPSA) is 60.7 Å². The molecule has 0 bridgehead atoms. The molecule has 0 fully saturated rings. The molecule has 3 nitrogen and oxygen atoms in total. The maximum absolute atomic E-state index is 9.37. The van der Waals surface area contributed by atoms with Crippen LogP contribution in [0.2, 0.25) is 0 Å². The van der Waals surface area contributed by atoms with Gasteiger partial charge in [-0.25, -0.2) is 0 Å². The molecule has 0 aliphatic rings. The zero-order valence-corrected chi connectivity index (χ0v) is 14.6.